The maximum Gasteiger partial charge on any atom is 0.303 e. The molecule has 1 amide bonds. The Morgan fingerprint density at radius 2 is 2.16 bits per heavy atom. The predicted molar refractivity (Wildman–Crippen MR) is 70.3 cm³/mol. The van der Waals surface area contributed by atoms with Crippen molar-refractivity contribution in [2.45, 2.75) is 12.8 Å². The van der Waals surface area contributed by atoms with Crippen LogP contribution in [0, 0.1) is 5.82 Å². The number of aliphatic carboxylic acids is 1. The van der Waals surface area contributed by atoms with Crippen molar-refractivity contribution in [3.05, 3.63) is 40.7 Å². The van der Waals surface area contributed by atoms with E-state index in [0.717, 1.165) is 0 Å². The molecule has 6 heteroatoms. The van der Waals surface area contributed by atoms with Gasteiger partial charge in [-0.1, -0.05) is 17.7 Å². The highest BCUT2D eigenvalue weighted by atomic mass is 35.5. The molecule has 0 aliphatic heterocycles. The SMILES string of the molecule is O=C(O)CCCNC(=O)/C=C/c1ccc(F)c(Cl)c1. The summed E-state index contributed by atoms with van der Waals surface area (Å²) in [5, 5.41) is 10.9. The summed E-state index contributed by atoms with van der Waals surface area (Å²) in [6.07, 6.45) is 3.16. The molecule has 0 saturated carbocycles. The monoisotopic (exact) mass is 285 g/mol. The summed E-state index contributed by atoms with van der Waals surface area (Å²) in [4.78, 5) is 21.6. The highest BCUT2D eigenvalue weighted by Gasteiger charge is 2.00. The molecule has 0 radical (unpaired) electrons. The molecular formula is C13H13ClFNO3. The molecule has 0 atom stereocenters. The molecular weight excluding hydrogens is 273 g/mol. The molecule has 102 valence electrons. The van der Waals surface area contributed by atoms with Gasteiger partial charge in [-0.05, 0) is 30.2 Å². The molecule has 1 aromatic carbocycles. The number of nitrogens with one attached hydrogen (secondary N) is 1. The summed E-state index contributed by atoms with van der Waals surface area (Å²) in [6.45, 7) is 0.291. The van der Waals surface area contributed by atoms with E-state index in [2.05, 4.69) is 5.32 Å². The molecule has 0 bridgehead atoms. The number of carbonyl (C=O) groups is 2. The molecule has 1 rings (SSSR count). The third-order valence-electron chi connectivity index (χ3n) is 2.24. The van der Waals surface area contributed by atoms with Gasteiger partial charge in [-0.2, -0.15) is 0 Å². The first-order valence-electron chi connectivity index (χ1n) is 5.62. The van der Waals surface area contributed by atoms with Crippen molar-refractivity contribution in [1.82, 2.24) is 5.32 Å². The molecule has 0 aliphatic carbocycles. The maximum absolute atomic E-state index is 12.9. The van der Waals surface area contributed by atoms with Crippen molar-refractivity contribution in [1.29, 1.82) is 0 Å². The molecule has 4 nitrogen and oxygen atoms in total. The van der Waals surface area contributed by atoms with E-state index in [4.69, 9.17) is 16.7 Å². The van der Waals surface area contributed by atoms with Crippen LogP contribution < -0.4 is 5.32 Å². The number of rotatable bonds is 6. The summed E-state index contributed by atoms with van der Waals surface area (Å²) in [7, 11) is 0. The van der Waals surface area contributed by atoms with E-state index in [1.54, 1.807) is 0 Å². The first kappa shape index (κ1) is 15.2. The number of carboxylic acid groups (broad SMARTS) is 1. The Morgan fingerprint density at radius 3 is 2.79 bits per heavy atom. The van der Waals surface area contributed by atoms with Crippen molar-refractivity contribution in [3.63, 3.8) is 0 Å². The Morgan fingerprint density at radius 1 is 1.42 bits per heavy atom. The van der Waals surface area contributed by atoms with Crippen LogP contribution in [0.2, 0.25) is 5.02 Å². The third kappa shape index (κ3) is 6.01. The Hall–Kier alpha value is -1.88. The normalized spacial score (nSPS) is 10.6. The summed E-state index contributed by atoms with van der Waals surface area (Å²) in [6, 6.07) is 4.12. The molecule has 0 spiro atoms. The number of hydrogen-bond donors (Lipinski definition) is 2. The standard InChI is InChI=1S/C13H13ClFNO3/c14-10-8-9(3-5-11(10)15)4-6-12(17)16-7-1-2-13(18)19/h3-6,8H,1-2,7H2,(H,16,17)(H,18,19)/b6-4+. The first-order valence-corrected chi connectivity index (χ1v) is 5.99. The van der Waals surface area contributed by atoms with E-state index >= 15 is 0 Å². The Balaban J connectivity index is 2.40. The van der Waals surface area contributed by atoms with Crippen molar-refractivity contribution >= 4 is 29.6 Å². The molecule has 0 unspecified atom stereocenters. The first-order chi connectivity index (χ1) is 8.99. The van der Waals surface area contributed by atoms with Gasteiger partial charge in [0.2, 0.25) is 5.91 Å². The number of hydrogen-bond acceptors (Lipinski definition) is 2. The lowest BCUT2D eigenvalue weighted by molar-refractivity contribution is -0.137. The van der Waals surface area contributed by atoms with E-state index < -0.39 is 11.8 Å². The lowest BCUT2D eigenvalue weighted by Crippen LogP contribution is -2.22. The van der Waals surface area contributed by atoms with Gasteiger partial charge in [0, 0.05) is 19.0 Å². The Bertz CT molecular complexity index is 503. The Labute approximate surface area is 114 Å². The summed E-state index contributed by atoms with van der Waals surface area (Å²) >= 11 is 5.60. The molecule has 0 aliphatic rings. The third-order valence-corrected chi connectivity index (χ3v) is 2.53. The van der Waals surface area contributed by atoms with Gasteiger partial charge in [0.15, 0.2) is 0 Å². The summed E-state index contributed by atoms with van der Waals surface area (Å²) < 4.78 is 12.9. The molecule has 0 heterocycles. The van der Waals surface area contributed by atoms with Crippen LogP contribution in [-0.4, -0.2) is 23.5 Å². The van der Waals surface area contributed by atoms with Crippen molar-refractivity contribution in [2.24, 2.45) is 0 Å². The quantitative estimate of drug-likeness (QED) is 0.623. The van der Waals surface area contributed by atoms with E-state index in [1.807, 2.05) is 0 Å². The van der Waals surface area contributed by atoms with Gasteiger partial charge >= 0.3 is 5.97 Å². The largest absolute Gasteiger partial charge is 0.481 e. The second-order valence-electron chi connectivity index (χ2n) is 3.80. The fourth-order valence-electron chi connectivity index (χ4n) is 1.30. The molecule has 19 heavy (non-hydrogen) atoms. The van der Waals surface area contributed by atoms with Gasteiger partial charge in [-0.15, -0.1) is 0 Å². The highest BCUT2D eigenvalue weighted by Crippen LogP contribution is 2.16. The van der Waals surface area contributed by atoms with Crippen LogP contribution in [-0.2, 0) is 9.59 Å². The van der Waals surface area contributed by atoms with E-state index in [-0.39, 0.29) is 17.4 Å². The fraction of sp³-hybridized carbons (Fsp3) is 0.231. The summed E-state index contributed by atoms with van der Waals surface area (Å²) in [5.41, 5.74) is 0.604. The van der Waals surface area contributed by atoms with Gasteiger partial charge < -0.3 is 10.4 Å². The van der Waals surface area contributed by atoms with Crippen LogP contribution in [0.25, 0.3) is 6.08 Å². The molecule has 1 aromatic rings. The van der Waals surface area contributed by atoms with Crippen LogP contribution >= 0.6 is 11.6 Å². The summed E-state index contributed by atoms with van der Waals surface area (Å²) in [5.74, 6) is -1.76. The lowest BCUT2D eigenvalue weighted by Gasteiger charge is -2.00. The molecule has 2 N–H and O–H groups in total. The molecule has 0 aromatic heterocycles. The average molecular weight is 286 g/mol. The van der Waals surface area contributed by atoms with Crippen LogP contribution in [0.1, 0.15) is 18.4 Å². The van der Waals surface area contributed by atoms with Crippen LogP contribution in [0.3, 0.4) is 0 Å². The molecule has 0 saturated heterocycles. The highest BCUT2D eigenvalue weighted by molar-refractivity contribution is 6.30. The minimum absolute atomic E-state index is 0.0102. The van der Waals surface area contributed by atoms with Gasteiger partial charge in [0.05, 0.1) is 5.02 Å². The van der Waals surface area contributed by atoms with Crippen molar-refractivity contribution < 1.29 is 19.1 Å². The van der Waals surface area contributed by atoms with Crippen LogP contribution in [0.5, 0.6) is 0 Å². The smallest absolute Gasteiger partial charge is 0.303 e. The second kappa shape index (κ2) is 7.53. The van der Waals surface area contributed by atoms with Gasteiger partial charge in [0.25, 0.3) is 0 Å². The molecule has 0 fully saturated rings. The van der Waals surface area contributed by atoms with E-state index in [0.29, 0.717) is 18.5 Å². The number of carbonyl (C=O) groups excluding carboxylic acids is 1. The predicted octanol–water partition coefficient (Wildman–Crippen LogP) is 2.47. The minimum Gasteiger partial charge on any atom is -0.481 e. The van der Waals surface area contributed by atoms with Gasteiger partial charge in [-0.3, -0.25) is 9.59 Å². The van der Waals surface area contributed by atoms with Crippen LogP contribution in [0.4, 0.5) is 4.39 Å². The number of halogens is 2. The number of benzene rings is 1. The number of carboxylic acids is 1. The zero-order valence-corrected chi connectivity index (χ0v) is 10.8. The maximum atomic E-state index is 12.9. The lowest BCUT2D eigenvalue weighted by atomic mass is 10.2. The van der Waals surface area contributed by atoms with Gasteiger partial charge in [-0.25, -0.2) is 4.39 Å². The zero-order valence-electron chi connectivity index (χ0n) is 10.0. The average Bonchev–Trinajstić information content (AvgIpc) is 2.36. The van der Waals surface area contributed by atoms with E-state index in [1.165, 1.54) is 30.4 Å². The van der Waals surface area contributed by atoms with Crippen molar-refractivity contribution in [2.75, 3.05) is 6.54 Å². The fourth-order valence-corrected chi connectivity index (χ4v) is 1.49. The Kier molecular flexibility index (Phi) is 6.02. The van der Waals surface area contributed by atoms with Crippen LogP contribution in [0.15, 0.2) is 24.3 Å². The number of amides is 1. The van der Waals surface area contributed by atoms with E-state index in [9.17, 15) is 14.0 Å². The minimum atomic E-state index is -0.897. The zero-order chi connectivity index (χ0) is 14.3. The topological polar surface area (TPSA) is 66.4 Å². The van der Waals surface area contributed by atoms with Gasteiger partial charge in [0.1, 0.15) is 5.82 Å². The second-order valence-corrected chi connectivity index (χ2v) is 4.20. The van der Waals surface area contributed by atoms with Crippen molar-refractivity contribution in [3.8, 4) is 0 Å².